The Morgan fingerprint density at radius 1 is 1.25 bits per heavy atom. The second kappa shape index (κ2) is 6.70. The van der Waals surface area contributed by atoms with Crippen LogP contribution in [-0.2, 0) is 13.1 Å². The van der Waals surface area contributed by atoms with Gasteiger partial charge in [-0.3, -0.25) is 19.2 Å². The van der Waals surface area contributed by atoms with Gasteiger partial charge in [-0.1, -0.05) is 6.92 Å². The highest BCUT2D eigenvalue weighted by Crippen LogP contribution is 2.27. The molecule has 7 heteroatoms. The summed E-state index contributed by atoms with van der Waals surface area (Å²) in [4.78, 5) is 21.2. The number of β-amino-alcohol motifs (C(OH)–C–C–N with tert-alkyl or cyclic N) is 1. The van der Waals surface area contributed by atoms with E-state index in [1.165, 1.54) is 12.1 Å². The Morgan fingerprint density at radius 3 is 2.58 bits per heavy atom. The monoisotopic (exact) mass is 332 g/mol. The van der Waals surface area contributed by atoms with Gasteiger partial charge in [0.15, 0.2) is 0 Å². The lowest BCUT2D eigenvalue weighted by atomic mass is 10.2. The number of anilines is 2. The van der Waals surface area contributed by atoms with E-state index in [2.05, 4.69) is 4.98 Å². The number of halogens is 1. The molecular weight excluding hydrogens is 311 g/mol. The van der Waals surface area contributed by atoms with Crippen LogP contribution >= 0.6 is 0 Å². The topological polar surface area (TPSA) is 61.6 Å². The minimum Gasteiger partial charge on any atom is -0.395 e. The van der Waals surface area contributed by atoms with E-state index in [1.807, 2.05) is 23.6 Å². The van der Waals surface area contributed by atoms with E-state index in [4.69, 9.17) is 0 Å². The van der Waals surface area contributed by atoms with Crippen LogP contribution in [-0.4, -0.2) is 39.4 Å². The number of rotatable bonds is 4. The largest absolute Gasteiger partial charge is 0.395 e. The van der Waals surface area contributed by atoms with Crippen LogP contribution < -0.4 is 10.5 Å². The molecule has 0 bridgehead atoms. The summed E-state index contributed by atoms with van der Waals surface area (Å²) in [7, 11) is 0. The number of hydrogen-bond donors (Lipinski definition) is 1. The van der Waals surface area contributed by atoms with Crippen molar-refractivity contribution >= 4 is 11.6 Å². The number of fused-ring (bicyclic) bond motifs is 1. The van der Waals surface area contributed by atoms with Crippen molar-refractivity contribution in [3.63, 3.8) is 0 Å². The van der Waals surface area contributed by atoms with Gasteiger partial charge in [-0.05, 0) is 37.6 Å². The number of aliphatic hydroxyl groups excluding tert-OH is 1. The summed E-state index contributed by atoms with van der Waals surface area (Å²) < 4.78 is 14.9. The fraction of sp³-hybridized carbons (Fsp3) is 0.412. The van der Waals surface area contributed by atoms with Crippen molar-refractivity contribution < 1.29 is 9.50 Å². The summed E-state index contributed by atoms with van der Waals surface area (Å²) in [6.07, 6.45) is 0.620. The molecule has 0 radical (unpaired) electrons. The molecule has 1 N–H and O–H groups in total. The first kappa shape index (κ1) is 16.6. The van der Waals surface area contributed by atoms with Crippen molar-refractivity contribution in [3.05, 3.63) is 51.7 Å². The molecule has 0 unspecified atom stereocenters. The molecule has 1 aromatic carbocycles. The molecular formula is C17H21FN4O2. The highest BCUT2D eigenvalue weighted by atomic mass is 19.1. The van der Waals surface area contributed by atoms with Crippen molar-refractivity contribution in [2.45, 2.75) is 26.9 Å². The molecule has 0 spiro atoms. The second-order valence-electron chi connectivity index (χ2n) is 5.87. The molecule has 3 rings (SSSR count). The molecule has 2 heterocycles. The summed E-state index contributed by atoms with van der Waals surface area (Å²) in [6.45, 7) is 5.07. The number of aromatic nitrogens is 2. The highest BCUT2D eigenvalue weighted by molar-refractivity contribution is 5.58. The first-order chi connectivity index (χ1) is 11.5. The van der Waals surface area contributed by atoms with Crippen LogP contribution in [0.5, 0.6) is 0 Å². The molecule has 0 saturated carbocycles. The number of benzene rings is 1. The summed E-state index contributed by atoms with van der Waals surface area (Å²) in [5, 5.41) is 9.26. The van der Waals surface area contributed by atoms with Gasteiger partial charge in [-0.25, -0.2) is 9.37 Å². The van der Waals surface area contributed by atoms with Gasteiger partial charge >= 0.3 is 0 Å². The van der Waals surface area contributed by atoms with E-state index < -0.39 is 0 Å². The third-order valence-electron chi connectivity index (χ3n) is 4.28. The molecule has 0 atom stereocenters. The van der Waals surface area contributed by atoms with Crippen molar-refractivity contribution in [2.75, 3.05) is 24.7 Å². The maximum Gasteiger partial charge on any atom is 0.259 e. The van der Waals surface area contributed by atoms with E-state index >= 15 is 0 Å². The molecule has 24 heavy (non-hydrogen) atoms. The van der Waals surface area contributed by atoms with E-state index in [9.17, 15) is 14.3 Å². The van der Waals surface area contributed by atoms with Gasteiger partial charge in [-0.15, -0.1) is 0 Å². The molecule has 0 aliphatic carbocycles. The van der Waals surface area contributed by atoms with E-state index in [-0.39, 0.29) is 18.0 Å². The summed E-state index contributed by atoms with van der Waals surface area (Å²) >= 11 is 0. The third kappa shape index (κ3) is 2.92. The fourth-order valence-corrected chi connectivity index (χ4v) is 3.04. The standard InChI is InChI=1S/C17H21FN4O2/c1-3-15-12(2)19-17-21(14-6-4-13(18)5-7-14)10-20(8-9-23)11-22(17)16(15)24/h4-7,23H,3,8-11H2,1-2H3. The highest BCUT2D eigenvalue weighted by Gasteiger charge is 2.27. The molecule has 1 aromatic heterocycles. The average Bonchev–Trinajstić information content (AvgIpc) is 2.56. The van der Waals surface area contributed by atoms with Crippen LogP contribution in [0.1, 0.15) is 18.2 Å². The number of aliphatic hydroxyl groups is 1. The van der Waals surface area contributed by atoms with Gasteiger partial charge in [-0.2, -0.15) is 0 Å². The smallest absolute Gasteiger partial charge is 0.259 e. The maximum atomic E-state index is 13.2. The molecule has 1 aliphatic heterocycles. The third-order valence-corrected chi connectivity index (χ3v) is 4.28. The van der Waals surface area contributed by atoms with Crippen LogP contribution in [0.4, 0.5) is 16.0 Å². The van der Waals surface area contributed by atoms with Gasteiger partial charge < -0.3 is 5.11 Å². The average molecular weight is 332 g/mol. The van der Waals surface area contributed by atoms with Gasteiger partial charge in [0.25, 0.3) is 5.56 Å². The molecule has 128 valence electrons. The molecule has 2 aromatic rings. The Labute approximate surface area is 139 Å². The number of aryl methyl sites for hydroxylation is 1. The predicted octanol–water partition coefficient (Wildman–Crippen LogP) is 1.61. The molecule has 0 amide bonds. The Morgan fingerprint density at radius 2 is 1.96 bits per heavy atom. The lowest BCUT2D eigenvalue weighted by Crippen LogP contribution is -2.48. The zero-order chi connectivity index (χ0) is 17.3. The fourth-order valence-electron chi connectivity index (χ4n) is 3.04. The predicted molar refractivity (Wildman–Crippen MR) is 89.8 cm³/mol. The normalized spacial score (nSPS) is 14.8. The van der Waals surface area contributed by atoms with E-state index in [1.54, 1.807) is 16.7 Å². The van der Waals surface area contributed by atoms with Crippen LogP contribution in [0.2, 0.25) is 0 Å². The molecule has 6 nitrogen and oxygen atoms in total. The Kier molecular flexibility index (Phi) is 4.64. The quantitative estimate of drug-likeness (QED) is 0.922. The Hall–Kier alpha value is -2.25. The SMILES string of the molecule is CCc1c(C)nc2n(c1=O)CN(CCO)CN2c1ccc(F)cc1. The van der Waals surface area contributed by atoms with Crippen molar-refractivity contribution in [1.82, 2.24) is 14.5 Å². The lowest BCUT2D eigenvalue weighted by molar-refractivity contribution is 0.152. The first-order valence-electron chi connectivity index (χ1n) is 8.01. The molecule has 0 saturated heterocycles. The zero-order valence-electron chi connectivity index (χ0n) is 13.9. The molecule has 1 aliphatic rings. The minimum atomic E-state index is -0.314. The maximum absolute atomic E-state index is 13.2. The van der Waals surface area contributed by atoms with Gasteiger partial charge in [0.1, 0.15) is 5.82 Å². The Balaban J connectivity index is 2.14. The second-order valence-corrected chi connectivity index (χ2v) is 5.87. The summed E-state index contributed by atoms with van der Waals surface area (Å²) in [6, 6.07) is 6.10. The van der Waals surface area contributed by atoms with Gasteiger partial charge in [0.05, 0.1) is 19.9 Å². The molecule has 0 fully saturated rings. The minimum absolute atomic E-state index is 0.00126. The van der Waals surface area contributed by atoms with Crippen molar-refractivity contribution in [1.29, 1.82) is 0 Å². The number of nitrogens with zero attached hydrogens (tertiary/aromatic N) is 4. The van der Waals surface area contributed by atoms with Crippen LogP contribution in [0.15, 0.2) is 29.1 Å². The summed E-state index contributed by atoms with van der Waals surface area (Å²) in [5.41, 5.74) is 2.11. The zero-order valence-corrected chi connectivity index (χ0v) is 13.9. The van der Waals surface area contributed by atoms with E-state index in [0.717, 1.165) is 11.4 Å². The van der Waals surface area contributed by atoms with Gasteiger partial charge in [0, 0.05) is 23.5 Å². The number of hydrogen-bond acceptors (Lipinski definition) is 5. The summed E-state index contributed by atoms with van der Waals surface area (Å²) in [5.74, 6) is 0.237. The lowest BCUT2D eigenvalue weighted by Gasteiger charge is -2.38. The van der Waals surface area contributed by atoms with Crippen LogP contribution in [0.25, 0.3) is 0 Å². The first-order valence-corrected chi connectivity index (χ1v) is 8.01. The Bertz CT molecular complexity index is 788. The van der Waals surface area contributed by atoms with Gasteiger partial charge in [0.2, 0.25) is 5.95 Å². The van der Waals surface area contributed by atoms with Crippen LogP contribution in [0.3, 0.4) is 0 Å². The van der Waals surface area contributed by atoms with E-state index in [0.29, 0.717) is 37.8 Å². The van der Waals surface area contributed by atoms with Crippen molar-refractivity contribution in [2.24, 2.45) is 0 Å². The van der Waals surface area contributed by atoms with Crippen molar-refractivity contribution in [3.8, 4) is 0 Å². The van der Waals surface area contributed by atoms with Crippen LogP contribution in [0, 0.1) is 12.7 Å².